The Morgan fingerprint density at radius 1 is 1.00 bits per heavy atom. The summed E-state index contributed by atoms with van der Waals surface area (Å²) >= 11 is 1.75. The molecule has 0 spiro atoms. The van der Waals surface area contributed by atoms with E-state index in [1.165, 1.54) is 38.3 Å². The predicted molar refractivity (Wildman–Crippen MR) is 136 cm³/mol. The van der Waals surface area contributed by atoms with E-state index in [9.17, 15) is 4.79 Å². The predicted octanol–water partition coefficient (Wildman–Crippen LogP) is 6.21. The van der Waals surface area contributed by atoms with Gasteiger partial charge in [-0.2, -0.15) is 0 Å². The molecule has 1 amide bonds. The van der Waals surface area contributed by atoms with Crippen LogP contribution >= 0.6 is 11.8 Å². The van der Waals surface area contributed by atoms with Gasteiger partial charge in [-0.05, 0) is 58.2 Å². The fraction of sp³-hybridized carbons (Fsp3) is 0.276. The summed E-state index contributed by atoms with van der Waals surface area (Å²) in [6.07, 6.45) is 4.82. The van der Waals surface area contributed by atoms with Crippen LogP contribution < -0.4 is 0 Å². The van der Waals surface area contributed by atoms with Gasteiger partial charge in [-0.15, -0.1) is 11.8 Å². The average molecular weight is 470 g/mol. The molecule has 1 aliphatic carbocycles. The van der Waals surface area contributed by atoms with Crippen LogP contribution in [0.15, 0.2) is 83.8 Å². The molecule has 4 nitrogen and oxygen atoms in total. The van der Waals surface area contributed by atoms with E-state index in [-0.39, 0.29) is 24.1 Å². The van der Waals surface area contributed by atoms with Crippen LogP contribution in [0.5, 0.6) is 0 Å². The van der Waals surface area contributed by atoms with Crippen LogP contribution in [-0.4, -0.2) is 49.2 Å². The molecule has 34 heavy (non-hydrogen) atoms. The maximum Gasteiger partial charge on any atom is 0.410 e. The van der Waals surface area contributed by atoms with Gasteiger partial charge in [0.25, 0.3) is 0 Å². The van der Waals surface area contributed by atoms with E-state index < -0.39 is 0 Å². The lowest BCUT2D eigenvalue weighted by Gasteiger charge is -2.44. The van der Waals surface area contributed by atoms with Crippen LogP contribution in [0, 0.1) is 0 Å². The third kappa shape index (κ3) is 3.73. The molecule has 3 aliphatic rings. The van der Waals surface area contributed by atoms with E-state index >= 15 is 0 Å². The van der Waals surface area contributed by atoms with Crippen molar-refractivity contribution < 1.29 is 14.3 Å². The third-order valence-electron chi connectivity index (χ3n) is 7.19. The minimum absolute atomic E-state index is 0.00710. The first-order valence-corrected chi connectivity index (χ1v) is 13.0. The molecule has 0 radical (unpaired) electrons. The Hall–Kier alpha value is -3.02. The maximum absolute atomic E-state index is 13.4. The van der Waals surface area contributed by atoms with E-state index in [1.807, 2.05) is 4.90 Å². The first-order valence-electron chi connectivity index (χ1n) is 11.8. The van der Waals surface area contributed by atoms with Crippen LogP contribution in [-0.2, 0) is 9.47 Å². The lowest BCUT2D eigenvalue weighted by Crippen LogP contribution is -2.56. The Bertz CT molecular complexity index is 1220. The average Bonchev–Trinajstić information content (AvgIpc) is 3.20. The molecule has 1 fully saturated rings. The monoisotopic (exact) mass is 469 g/mol. The van der Waals surface area contributed by atoms with Crippen molar-refractivity contribution in [3.63, 3.8) is 0 Å². The number of ether oxygens (including phenoxy) is 2. The van der Waals surface area contributed by atoms with Crippen LogP contribution in [0.1, 0.15) is 29.0 Å². The minimum Gasteiger partial charge on any atom is -0.448 e. The van der Waals surface area contributed by atoms with E-state index in [0.29, 0.717) is 19.8 Å². The van der Waals surface area contributed by atoms with Crippen molar-refractivity contribution in [2.24, 2.45) is 0 Å². The van der Waals surface area contributed by atoms with Gasteiger partial charge >= 0.3 is 6.09 Å². The number of benzene rings is 3. The van der Waals surface area contributed by atoms with E-state index in [2.05, 4.69) is 85.1 Å². The molecule has 6 rings (SSSR count). The van der Waals surface area contributed by atoms with Crippen molar-refractivity contribution in [3.8, 4) is 11.1 Å². The van der Waals surface area contributed by atoms with Crippen molar-refractivity contribution in [2.45, 2.75) is 29.3 Å². The molecule has 1 saturated heterocycles. The normalized spacial score (nSPS) is 21.0. The molecular formula is C29H27NO3S. The largest absolute Gasteiger partial charge is 0.448 e. The standard InChI is InChI=1S/C29H27NO3S/c1-34-23-8-6-7-19(15-23)20-13-21-16-32-17-22(14-20)30(21)29(31)33-18-28-26-11-4-2-9-24(26)25-10-3-5-12-27(25)28/h2-13,15,21-22,28H,14,16-18H2,1H3. The molecule has 5 heteroatoms. The highest BCUT2D eigenvalue weighted by Gasteiger charge is 2.40. The fourth-order valence-corrected chi connectivity index (χ4v) is 6.05. The molecule has 2 aliphatic heterocycles. The molecule has 172 valence electrons. The van der Waals surface area contributed by atoms with Crippen molar-refractivity contribution in [1.82, 2.24) is 4.90 Å². The number of hydrogen-bond donors (Lipinski definition) is 0. The van der Waals surface area contributed by atoms with Gasteiger partial charge < -0.3 is 9.47 Å². The number of carbonyl (C=O) groups is 1. The highest BCUT2D eigenvalue weighted by Crippen LogP contribution is 2.44. The Balaban J connectivity index is 1.22. The van der Waals surface area contributed by atoms with Crippen LogP contribution in [0.2, 0.25) is 0 Å². The molecule has 2 unspecified atom stereocenters. The fourth-order valence-electron chi connectivity index (χ4n) is 5.59. The van der Waals surface area contributed by atoms with Gasteiger partial charge in [-0.1, -0.05) is 66.7 Å². The summed E-state index contributed by atoms with van der Waals surface area (Å²) in [5, 5.41) is 0. The smallest absolute Gasteiger partial charge is 0.410 e. The second-order valence-electron chi connectivity index (χ2n) is 9.10. The highest BCUT2D eigenvalue weighted by molar-refractivity contribution is 7.98. The summed E-state index contributed by atoms with van der Waals surface area (Å²) in [7, 11) is 0. The van der Waals surface area contributed by atoms with Gasteiger partial charge in [0.1, 0.15) is 6.61 Å². The molecule has 0 saturated carbocycles. The van der Waals surface area contributed by atoms with Crippen LogP contribution in [0.25, 0.3) is 16.7 Å². The Morgan fingerprint density at radius 2 is 1.74 bits per heavy atom. The van der Waals surface area contributed by atoms with Gasteiger partial charge in [-0.25, -0.2) is 4.79 Å². The lowest BCUT2D eigenvalue weighted by molar-refractivity contribution is -0.0331. The Kier molecular flexibility index (Phi) is 5.67. The van der Waals surface area contributed by atoms with Gasteiger partial charge in [0.2, 0.25) is 0 Å². The number of nitrogens with zero attached hydrogens (tertiary/aromatic N) is 1. The van der Waals surface area contributed by atoms with Crippen molar-refractivity contribution in [1.29, 1.82) is 0 Å². The van der Waals surface area contributed by atoms with Gasteiger partial charge in [-0.3, -0.25) is 4.90 Å². The number of rotatable bonds is 4. The topological polar surface area (TPSA) is 38.8 Å². The highest BCUT2D eigenvalue weighted by atomic mass is 32.2. The van der Waals surface area contributed by atoms with Crippen molar-refractivity contribution in [3.05, 3.63) is 95.6 Å². The number of fused-ring (bicyclic) bond motifs is 5. The number of morpholine rings is 1. The zero-order chi connectivity index (χ0) is 23.1. The minimum atomic E-state index is -0.242. The van der Waals surface area contributed by atoms with E-state index in [4.69, 9.17) is 9.47 Å². The Labute approximate surface area is 204 Å². The second kappa shape index (κ2) is 8.97. The molecule has 2 bridgehead atoms. The SMILES string of the molecule is CSc1cccc(C2=CC3COCC(C2)N3C(=O)OCC2c3ccccc3-c3ccccc32)c1. The molecule has 2 heterocycles. The Morgan fingerprint density at radius 3 is 2.44 bits per heavy atom. The maximum atomic E-state index is 13.4. The molecule has 2 atom stereocenters. The summed E-state index contributed by atoms with van der Waals surface area (Å²) in [6.45, 7) is 1.39. The number of carbonyl (C=O) groups excluding carboxylic acids is 1. The lowest BCUT2D eigenvalue weighted by atomic mass is 9.90. The first-order chi connectivity index (χ1) is 16.7. The second-order valence-corrected chi connectivity index (χ2v) is 9.98. The molecule has 0 N–H and O–H groups in total. The molecule has 0 aromatic heterocycles. The third-order valence-corrected chi connectivity index (χ3v) is 7.91. The zero-order valence-electron chi connectivity index (χ0n) is 19.1. The number of thioether (sulfide) groups is 1. The summed E-state index contributed by atoms with van der Waals surface area (Å²) < 4.78 is 11.8. The van der Waals surface area contributed by atoms with Gasteiger partial charge in [0.15, 0.2) is 0 Å². The zero-order valence-corrected chi connectivity index (χ0v) is 20.0. The number of amides is 1. The first kappa shape index (κ1) is 21.5. The quantitative estimate of drug-likeness (QED) is 0.426. The number of hydrogen-bond acceptors (Lipinski definition) is 4. The summed E-state index contributed by atoms with van der Waals surface area (Å²) in [4.78, 5) is 16.5. The van der Waals surface area contributed by atoms with Gasteiger partial charge in [0.05, 0.1) is 25.3 Å². The van der Waals surface area contributed by atoms with Crippen LogP contribution in [0.4, 0.5) is 4.79 Å². The van der Waals surface area contributed by atoms with E-state index in [1.54, 1.807) is 11.8 Å². The van der Waals surface area contributed by atoms with Crippen molar-refractivity contribution in [2.75, 3.05) is 26.1 Å². The summed E-state index contributed by atoms with van der Waals surface area (Å²) in [5.74, 6) is 0.0672. The summed E-state index contributed by atoms with van der Waals surface area (Å²) in [5.41, 5.74) is 7.46. The molecular weight excluding hydrogens is 442 g/mol. The van der Waals surface area contributed by atoms with Crippen LogP contribution in [0.3, 0.4) is 0 Å². The van der Waals surface area contributed by atoms with E-state index in [0.717, 1.165) is 6.42 Å². The van der Waals surface area contributed by atoms with Crippen molar-refractivity contribution >= 4 is 23.4 Å². The molecule has 3 aromatic rings. The summed E-state index contributed by atoms with van der Waals surface area (Å²) in [6, 6.07) is 25.4. The molecule has 3 aromatic carbocycles. The van der Waals surface area contributed by atoms with Gasteiger partial charge in [0, 0.05) is 10.8 Å².